The first-order chi connectivity index (χ1) is 5.86. The fourth-order valence-corrected chi connectivity index (χ4v) is 0.839. The third-order valence-corrected chi connectivity index (χ3v) is 1.43. The number of nitriles is 1. The lowest BCUT2D eigenvalue weighted by atomic mass is 10.3. The van der Waals surface area contributed by atoms with Crippen molar-refractivity contribution in [1.82, 2.24) is 14.8 Å². The van der Waals surface area contributed by atoms with Crippen molar-refractivity contribution in [3.63, 3.8) is 0 Å². The Kier molecular flexibility index (Phi) is 3.23. The quantitative estimate of drug-likeness (QED) is 0.635. The molecule has 1 rings (SSSR count). The van der Waals surface area contributed by atoms with E-state index in [1.54, 1.807) is 4.68 Å². The molecular weight excluding hydrogens is 156 g/mol. The van der Waals surface area contributed by atoms with Crippen molar-refractivity contribution < 1.29 is 5.11 Å². The SMILES string of the molecule is N#Cc1ncn(CCCCO)n1. The first kappa shape index (κ1) is 8.68. The van der Waals surface area contributed by atoms with E-state index < -0.39 is 0 Å². The summed E-state index contributed by atoms with van der Waals surface area (Å²) >= 11 is 0. The molecule has 0 aliphatic heterocycles. The first-order valence-corrected chi connectivity index (χ1v) is 3.77. The monoisotopic (exact) mass is 166 g/mol. The van der Waals surface area contributed by atoms with E-state index in [4.69, 9.17) is 10.4 Å². The highest BCUT2D eigenvalue weighted by Crippen LogP contribution is 1.93. The zero-order valence-electron chi connectivity index (χ0n) is 6.64. The molecule has 12 heavy (non-hydrogen) atoms. The van der Waals surface area contributed by atoms with Crippen LogP contribution in [0.2, 0.25) is 0 Å². The number of hydrogen-bond donors (Lipinski definition) is 1. The van der Waals surface area contributed by atoms with Gasteiger partial charge in [0.15, 0.2) is 0 Å². The van der Waals surface area contributed by atoms with Crippen LogP contribution >= 0.6 is 0 Å². The van der Waals surface area contributed by atoms with Crippen LogP contribution < -0.4 is 0 Å². The molecule has 0 aliphatic rings. The number of aliphatic hydroxyl groups excluding tert-OH is 1. The number of aromatic nitrogens is 3. The fraction of sp³-hybridized carbons (Fsp3) is 0.571. The lowest BCUT2D eigenvalue weighted by molar-refractivity contribution is 0.280. The molecule has 0 radical (unpaired) electrons. The van der Waals surface area contributed by atoms with Gasteiger partial charge in [-0.3, -0.25) is 4.68 Å². The molecule has 64 valence electrons. The van der Waals surface area contributed by atoms with E-state index in [0.29, 0.717) is 6.54 Å². The Morgan fingerprint density at radius 3 is 3.00 bits per heavy atom. The highest BCUT2D eigenvalue weighted by molar-refractivity contribution is 5.05. The van der Waals surface area contributed by atoms with Crippen molar-refractivity contribution in [3.05, 3.63) is 12.2 Å². The molecule has 0 fully saturated rings. The smallest absolute Gasteiger partial charge is 0.252 e. The van der Waals surface area contributed by atoms with Gasteiger partial charge in [0.1, 0.15) is 12.4 Å². The van der Waals surface area contributed by atoms with Gasteiger partial charge in [0, 0.05) is 13.2 Å². The van der Waals surface area contributed by atoms with Crippen molar-refractivity contribution in [3.8, 4) is 6.07 Å². The zero-order valence-corrected chi connectivity index (χ0v) is 6.64. The Bertz CT molecular complexity index is 275. The minimum Gasteiger partial charge on any atom is -0.396 e. The Morgan fingerprint density at radius 1 is 1.58 bits per heavy atom. The molecule has 1 N–H and O–H groups in total. The van der Waals surface area contributed by atoms with Crippen LogP contribution in [0.3, 0.4) is 0 Å². The maximum Gasteiger partial charge on any atom is 0.252 e. The minimum absolute atomic E-state index is 0.194. The van der Waals surface area contributed by atoms with Gasteiger partial charge >= 0.3 is 0 Å². The van der Waals surface area contributed by atoms with Crippen molar-refractivity contribution in [2.75, 3.05) is 6.61 Å². The summed E-state index contributed by atoms with van der Waals surface area (Å²) in [7, 11) is 0. The van der Waals surface area contributed by atoms with Crippen molar-refractivity contribution in [2.24, 2.45) is 0 Å². The second-order valence-corrected chi connectivity index (χ2v) is 2.37. The van der Waals surface area contributed by atoms with Gasteiger partial charge in [-0.2, -0.15) is 5.26 Å². The average Bonchev–Trinajstić information content (AvgIpc) is 2.53. The third kappa shape index (κ3) is 2.32. The molecule has 0 aliphatic carbocycles. The van der Waals surface area contributed by atoms with Crippen LogP contribution in [0.15, 0.2) is 6.33 Å². The number of unbranched alkanes of at least 4 members (excludes halogenated alkanes) is 1. The Hall–Kier alpha value is -1.41. The predicted octanol–water partition coefficient (Wildman–Crippen LogP) is -0.0777. The number of aryl methyl sites for hydroxylation is 1. The van der Waals surface area contributed by atoms with Gasteiger partial charge in [0.2, 0.25) is 0 Å². The normalized spacial score (nSPS) is 9.67. The van der Waals surface area contributed by atoms with Gasteiger partial charge < -0.3 is 5.11 Å². The number of aliphatic hydroxyl groups is 1. The van der Waals surface area contributed by atoms with Gasteiger partial charge in [0.05, 0.1) is 0 Å². The standard InChI is InChI=1S/C7H10N4O/c8-5-7-9-6-11(10-7)3-1-2-4-12/h6,12H,1-4H2. The molecule has 0 atom stereocenters. The summed E-state index contributed by atoms with van der Waals surface area (Å²) < 4.78 is 1.61. The van der Waals surface area contributed by atoms with Crippen molar-refractivity contribution in [1.29, 1.82) is 5.26 Å². The fourth-order valence-electron chi connectivity index (χ4n) is 0.839. The van der Waals surface area contributed by atoms with Crippen LogP contribution in [0.4, 0.5) is 0 Å². The second-order valence-electron chi connectivity index (χ2n) is 2.37. The van der Waals surface area contributed by atoms with Crippen LogP contribution in [0, 0.1) is 11.3 Å². The van der Waals surface area contributed by atoms with E-state index in [0.717, 1.165) is 12.8 Å². The second kappa shape index (κ2) is 4.46. The van der Waals surface area contributed by atoms with E-state index in [2.05, 4.69) is 10.1 Å². The van der Waals surface area contributed by atoms with Gasteiger partial charge in [-0.05, 0) is 12.8 Å². The summed E-state index contributed by atoms with van der Waals surface area (Å²) in [6.45, 7) is 0.898. The maximum atomic E-state index is 8.50. The summed E-state index contributed by atoms with van der Waals surface area (Å²) in [5.74, 6) is 0.194. The first-order valence-electron chi connectivity index (χ1n) is 3.77. The van der Waals surface area contributed by atoms with Gasteiger partial charge in [-0.25, -0.2) is 4.98 Å². The molecule has 1 aromatic rings. The molecule has 1 heterocycles. The number of rotatable bonds is 4. The van der Waals surface area contributed by atoms with Crippen LogP contribution in [0.5, 0.6) is 0 Å². The van der Waals surface area contributed by atoms with Gasteiger partial charge in [-0.15, -0.1) is 5.10 Å². The predicted molar refractivity (Wildman–Crippen MR) is 41.1 cm³/mol. The molecule has 0 saturated heterocycles. The van der Waals surface area contributed by atoms with E-state index >= 15 is 0 Å². The molecule has 5 heteroatoms. The Labute approximate surface area is 70.3 Å². The topological polar surface area (TPSA) is 74.7 Å². The summed E-state index contributed by atoms with van der Waals surface area (Å²) in [4.78, 5) is 3.74. The van der Waals surface area contributed by atoms with Crippen molar-refractivity contribution in [2.45, 2.75) is 19.4 Å². The van der Waals surface area contributed by atoms with Crippen LogP contribution in [-0.4, -0.2) is 26.5 Å². The summed E-state index contributed by atoms with van der Waals surface area (Å²) in [6, 6.07) is 1.85. The lowest BCUT2D eigenvalue weighted by Crippen LogP contribution is -1.99. The summed E-state index contributed by atoms with van der Waals surface area (Å²) in [6.07, 6.45) is 3.13. The highest BCUT2D eigenvalue weighted by Gasteiger charge is 1.97. The van der Waals surface area contributed by atoms with E-state index in [1.807, 2.05) is 6.07 Å². The highest BCUT2D eigenvalue weighted by atomic mass is 16.2. The van der Waals surface area contributed by atoms with E-state index in [-0.39, 0.29) is 12.4 Å². The van der Waals surface area contributed by atoms with Crippen LogP contribution in [0.25, 0.3) is 0 Å². The average molecular weight is 166 g/mol. The van der Waals surface area contributed by atoms with E-state index in [9.17, 15) is 0 Å². The largest absolute Gasteiger partial charge is 0.396 e. The van der Waals surface area contributed by atoms with Gasteiger partial charge in [0.25, 0.3) is 5.82 Å². The zero-order chi connectivity index (χ0) is 8.81. The van der Waals surface area contributed by atoms with Gasteiger partial charge in [-0.1, -0.05) is 0 Å². The molecular formula is C7H10N4O. The van der Waals surface area contributed by atoms with Crippen LogP contribution in [-0.2, 0) is 6.54 Å². The molecule has 0 amide bonds. The Balaban J connectivity index is 2.38. The molecule has 1 aromatic heterocycles. The maximum absolute atomic E-state index is 8.50. The molecule has 0 saturated carbocycles. The van der Waals surface area contributed by atoms with Crippen LogP contribution in [0.1, 0.15) is 18.7 Å². The van der Waals surface area contributed by atoms with E-state index in [1.165, 1.54) is 6.33 Å². The molecule has 0 unspecified atom stereocenters. The molecule has 0 aromatic carbocycles. The summed E-state index contributed by atoms with van der Waals surface area (Å²) in [5, 5.41) is 20.8. The molecule has 0 spiro atoms. The minimum atomic E-state index is 0.194. The lowest BCUT2D eigenvalue weighted by Gasteiger charge is -1.96. The Morgan fingerprint density at radius 2 is 2.42 bits per heavy atom. The molecule has 5 nitrogen and oxygen atoms in total. The number of nitrogens with zero attached hydrogens (tertiary/aromatic N) is 4. The third-order valence-electron chi connectivity index (χ3n) is 1.43. The summed E-state index contributed by atoms with van der Waals surface area (Å²) in [5.41, 5.74) is 0. The van der Waals surface area contributed by atoms with Crippen molar-refractivity contribution >= 4 is 0 Å². The number of hydrogen-bond acceptors (Lipinski definition) is 4. The molecule has 0 bridgehead atoms.